The number of hydrogen-bond donors (Lipinski definition) is 2. The van der Waals surface area contributed by atoms with Crippen LogP contribution in [-0.2, 0) is 4.79 Å². The number of carboxylic acid groups (broad SMARTS) is 1. The topological polar surface area (TPSA) is 57.5 Å². The highest BCUT2D eigenvalue weighted by Crippen LogP contribution is 2.58. The van der Waals surface area contributed by atoms with Crippen LogP contribution in [-0.4, -0.2) is 22.3 Å². The maximum Gasteiger partial charge on any atom is 0.300 e. The number of aliphatic carboxylic acids is 1. The second-order valence-electron chi connectivity index (χ2n) is 5.14. The minimum absolute atomic E-state index is 0.171. The van der Waals surface area contributed by atoms with Crippen molar-refractivity contribution in [2.75, 3.05) is 0 Å². The largest absolute Gasteiger partial charge is 0.481 e. The Morgan fingerprint density at radius 2 is 2.00 bits per heavy atom. The average molecular weight is 212 g/mol. The zero-order valence-corrected chi connectivity index (χ0v) is 9.82. The lowest BCUT2D eigenvalue weighted by Gasteiger charge is -2.57. The number of carbonyl (C=O) groups is 1. The molecule has 0 saturated heterocycles. The summed E-state index contributed by atoms with van der Waals surface area (Å²) in [6, 6.07) is 0. The van der Waals surface area contributed by atoms with E-state index < -0.39 is 5.97 Å². The monoisotopic (exact) mass is 212 g/mol. The molecule has 0 amide bonds. The molecule has 3 heteroatoms. The van der Waals surface area contributed by atoms with E-state index in [1.54, 1.807) is 0 Å². The van der Waals surface area contributed by atoms with E-state index in [0.717, 1.165) is 12.8 Å². The van der Waals surface area contributed by atoms with Crippen molar-refractivity contribution < 1.29 is 15.0 Å². The third-order valence-corrected chi connectivity index (χ3v) is 3.74. The second kappa shape index (κ2) is 3.97. The van der Waals surface area contributed by atoms with Crippen molar-refractivity contribution in [2.24, 2.45) is 17.3 Å². The van der Waals surface area contributed by atoms with Crippen LogP contribution in [0.15, 0.2) is 11.6 Å². The number of rotatable bonds is 0. The zero-order chi connectivity index (χ0) is 11.8. The van der Waals surface area contributed by atoms with Gasteiger partial charge in [0.15, 0.2) is 0 Å². The van der Waals surface area contributed by atoms with Crippen LogP contribution in [0.3, 0.4) is 0 Å². The van der Waals surface area contributed by atoms with Gasteiger partial charge in [-0.05, 0) is 30.6 Å². The van der Waals surface area contributed by atoms with E-state index in [0.29, 0.717) is 11.3 Å². The van der Waals surface area contributed by atoms with Gasteiger partial charge in [-0.2, -0.15) is 0 Å². The third-order valence-electron chi connectivity index (χ3n) is 3.74. The average Bonchev–Trinajstić information content (AvgIpc) is 1.99. The van der Waals surface area contributed by atoms with Crippen LogP contribution in [0, 0.1) is 17.3 Å². The Balaban J connectivity index is 0.000000245. The molecule has 1 fully saturated rings. The van der Waals surface area contributed by atoms with Crippen molar-refractivity contribution in [1.82, 2.24) is 0 Å². The van der Waals surface area contributed by atoms with Gasteiger partial charge in [0.2, 0.25) is 0 Å². The fraction of sp³-hybridized carbons (Fsp3) is 0.750. The molecule has 3 nitrogen and oxygen atoms in total. The van der Waals surface area contributed by atoms with Gasteiger partial charge in [0, 0.05) is 6.92 Å². The minimum atomic E-state index is -0.833. The van der Waals surface area contributed by atoms with Crippen molar-refractivity contribution in [3.63, 3.8) is 0 Å². The molecule has 0 spiro atoms. The summed E-state index contributed by atoms with van der Waals surface area (Å²) in [4.78, 5) is 9.00. The number of aliphatic hydroxyl groups is 1. The van der Waals surface area contributed by atoms with Crippen LogP contribution in [0.5, 0.6) is 0 Å². The Hall–Kier alpha value is -0.830. The molecule has 1 saturated carbocycles. The van der Waals surface area contributed by atoms with E-state index in [2.05, 4.69) is 20.8 Å². The van der Waals surface area contributed by atoms with Crippen molar-refractivity contribution >= 4 is 5.97 Å². The van der Waals surface area contributed by atoms with Gasteiger partial charge in [-0.3, -0.25) is 4.79 Å². The molecule has 3 aliphatic rings. The summed E-state index contributed by atoms with van der Waals surface area (Å²) in [5.41, 5.74) is 1.75. The Morgan fingerprint density at radius 1 is 1.53 bits per heavy atom. The summed E-state index contributed by atoms with van der Waals surface area (Å²) in [5.74, 6) is 0.437. The molecule has 15 heavy (non-hydrogen) atoms. The van der Waals surface area contributed by atoms with Gasteiger partial charge in [-0.15, -0.1) is 0 Å². The molecule has 0 aliphatic heterocycles. The van der Waals surface area contributed by atoms with E-state index in [-0.39, 0.29) is 6.10 Å². The molecule has 0 radical (unpaired) electrons. The fourth-order valence-electron chi connectivity index (χ4n) is 2.81. The summed E-state index contributed by atoms with van der Waals surface area (Å²) in [6.07, 6.45) is 3.07. The fourth-order valence-corrected chi connectivity index (χ4v) is 2.81. The van der Waals surface area contributed by atoms with E-state index in [9.17, 15) is 5.11 Å². The van der Waals surface area contributed by atoms with Crippen LogP contribution >= 0.6 is 0 Å². The molecule has 0 heterocycles. The highest BCUT2D eigenvalue weighted by molar-refractivity contribution is 5.62. The molecule has 0 aromatic rings. The van der Waals surface area contributed by atoms with Gasteiger partial charge >= 0.3 is 0 Å². The first-order chi connectivity index (χ1) is 6.76. The van der Waals surface area contributed by atoms with E-state index in [1.807, 2.05) is 6.08 Å². The first-order valence-corrected chi connectivity index (χ1v) is 5.32. The van der Waals surface area contributed by atoms with Gasteiger partial charge in [0.05, 0.1) is 6.10 Å². The van der Waals surface area contributed by atoms with Gasteiger partial charge in [0.1, 0.15) is 0 Å². The van der Waals surface area contributed by atoms with Gasteiger partial charge < -0.3 is 10.2 Å². The molecule has 3 atom stereocenters. The van der Waals surface area contributed by atoms with Crippen LogP contribution in [0.1, 0.15) is 34.1 Å². The summed E-state index contributed by atoms with van der Waals surface area (Å²) < 4.78 is 0. The molecule has 86 valence electrons. The number of aliphatic hydroxyl groups excluding tert-OH is 1. The normalized spacial score (nSPS) is 35.5. The lowest BCUT2D eigenvalue weighted by molar-refractivity contribution is -0.134. The van der Waals surface area contributed by atoms with E-state index >= 15 is 0 Å². The smallest absolute Gasteiger partial charge is 0.300 e. The maximum atomic E-state index is 9.65. The van der Waals surface area contributed by atoms with Crippen molar-refractivity contribution in [2.45, 2.75) is 40.2 Å². The standard InChI is InChI=1S/C10H16O.C2H4O2/c1-6-4-9(11)8-5-7(6)10(8,2)3;1-2(3)4/h4,7-9,11H,5H2,1-3H3;1H3,(H,3,4)/t7-,8+,9-;/m1./s1. The first kappa shape index (κ1) is 12.2. The molecule has 0 unspecified atom stereocenters. The van der Waals surface area contributed by atoms with Crippen LogP contribution in [0.2, 0.25) is 0 Å². The predicted molar refractivity (Wildman–Crippen MR) is 58.5 cm³/mol. The Bertz CT molecular complexity index is 287. The second-order valence-corrected chi connectivity index (χ2v) is 5.14. The summed E-state index contributed by atoms with van der Waals surface area (Å²) >= 11 is 0. The summed E-state index contributed by atoms with van der Waals surface area (Å²) in [5, 5.41) is 17.1. The van der Waals surface area contributed by atoms with Crippen molar-refractivity contribution in [1.29, 1.82) is 0 Å². The summed E-state index contributed by atoms with van der Waals surface area (Å²) in [6.45, 7) is 7.77. The van der Waals surface area contributed by atoms with Crippen molar-refractivity contribution in [3.05, 3.63) is 11.6 Å². The quantitative estimate of drug-likeness (QED) is 0.604. The van der Waals surface area contributed by atoms with Crippen molar-refractivity contribution in [3.8, 4) is 0 Å². The Kier molecular flexibility index (Phi) is 3.24. The maximum absolute atomic E-state index is 9.65. The highest BCUT2D eigenvalue weighted by Gasteiger charge is 2.53. The number of carboxylic acids is 1. The zero-order valence-electron chi connectivity index (χ0n) is 9.82. The van der Waals surface area contributed by atoms with Gasteiger partial charge in [0.25, 0.3) is 5.97 Å². The predicted octanol–water partition coefficient (Wildman–Crippen LogP) is 2.06. The molecule has 0 aromatic heterocycles. The summed E-state index contributed by atoms with van der Waals surface area (Å²) in [7, 11) is 0. The van der Waals surface area contributed by atoms with Crippen LogP contribution < -0.4 is 0 Å². The molecule has 3 rings (SSSR count). The molecular weight excluding hydrogens is 192 g/mol. The molecular formula is C12H20O3. The van der Waals surface area contributed by atoms with Gasteiger partial charge in [-0.25, -0.2) is 0 Å². The minimum Gasteiger partial charge on any atom is -0.481 e. The molecule has 2 bridgehead atoms. The molecule has 3 aliphatic carbocycles. The van der Waals surface area contributed by atoms with Crippen LogP contribution in [0.25, 0.3) is 0 Å². The van der Waals surface area contributed by atoms with Gasteiger partial charge in [-0.1, -0.05) is 25.5 Å². The molecule has 0 aromatic carbocycles. The Morgan fingerprint density at radius 3 is 2.27 bits per heavy atom. The van der Waals surface area contributed by atoms with Crippen LogP contribution in [0.4, 0.5) is 0 Å². The number of hydrogen-bond acceptors (Lipinski definition) is 2. The molecule has 2 N–H and O–H groups in total. The highest BCUT2D eigenvalue weighted by atomic mass is 16.4. The number of fused-ring (bicyclic) bond motifs is 1. The lowest BCUT2D eigenvalue weighted by Crippen LogP contribution is -2.53. The Labute approximate surface area is 90.8 Å². The van der Waals surface area contributed by atoms with E-state index in [1.165, 1.54) is 12.0 Å². The first-order valence-electron chi connectivity index (χ1n) is 5.32. The van der Waals surface area contributed by atoms with E-state index in [4.69, 9.17) is 9.90 Å². The number of allylic oxidation sites excluding steroid dienone is 1. The third kappa shape index (κ3) is 2.23. The lowest BCUT2D eigenvalue weighted by atomic mass is 9.48. The SMILES string of the molecule is CC(=O)O.CC1=C[C@@H](O)[C@@H]2C[C@H]1C2(C)C.